The Kier molecular flexibility index (Phi) is 5.05. The third-order valence-electron chi connectivity index (χ3n) is 5.51. The number of anilines is 1. The lowest BCUT2D eigenvalue weighted by atomic mass is 9.82. The molecule has 0 bridgehead atoms. The van der Waals surface area contributed by atoms with Gasteiger partial charge in [0.05, 0.1) is 31.8 Å². The fourth-order valence-electron chi connectivity index (χ4n) is 3.78. The predicted octanol–water partition coefficient (Wildman–Crippen LogP) is 3.35. The maximum Gasteiger partial charge on any atom is 0.322 e. The topological polar surface area (TPSA) is 76.5 Å². The number of nitrogens with zero attached hydrogens (tertiary/aromatic N) is 3. The number of hydrogen-bond acceptors (Lipinski definition) is 4. The first-order valence-electron chi connectivity index (χ1n) is 9.54. The van der Waals surface area contributed by atoms with Gasteiger partial charge in [0, 0.05) is 42.2 Å². The number of aromatic nitrogens is 2. The first kappa shape index (κ1) is 20.4. The third kappa shape index (κ3) is 3.67. The predicted molar refractivity (Wildman–Crippen MR) is 100 cm³/mol. The minimum Gasteiger partial charge on any atom is -0.380 e. The number of imidazole rings is 1. The summed E-state index contributed by atoms with van der Waals surface area (Å²) in [6.07, 6.45) is 1.88. The molecule has 1 aromatic heterocycles. The molecule has 2 aliphatic heterocycles. The number of ketones is 1. The number of nitrogens with one attached hydrogen (secondary N) is 1. The molecule has 1 N–H and O–H groups in total. The Morgan fingerprint density at radius 1 is 1.27 bits per heavy atom. The summed E-state index contributed by atoms with van der Waals surface area (Å²) in [6, 6.07) is 0.553. The highest BCUT2D eigenvalue weighted by atomic mass is 19.2. The van der Waals surface area contributed by atoms with Crippen LogP contribution in [0.3, 0.4) is 0 Å². The van der Waals surface area contributed by atoms with Crippen LogP contribution in [0.2, 0.25) is 0 Å². The highest BCUT2D eigenvalue weighted by molar-refractivity contribution is 5.96. The van der Waals surface area contributed by atoms with Gasteiger partial charge in [-0.3, -0.25) is 4.79 Å². The molecule has 0 unspecified atom stereocenters. The maximum absolute atomic E-state index is 13.4. The van der Waals surface area contributed by atoms with Crippen molar-refractivity contribution in [2.24, 2.45) is 5.41 Å². The Morgan fingerprint density at radius 2 is 1.93 bits per heavy atom. The molecule has 30 heavy (non-hydrogen) atoms. The molecule has 1 atom stereocenters. The molecule has 2 aliphatic rings. The number of carbonyl (C=O) groups excluding carboxylic acids is 2. The Balaban J connectivity index is 1.52. The second-order valence-corrected chi connectivity index (χ2v) is 8.26. The minimum absolute atomic E-state index is 0.105. The van der Waals surface area contributed by atoms with Crippen LogP contribution in [0.25, 0.3) is 0 Å². The van der Waals surface area contributed by atoms with E-state index >= 15 is 0 Å². The van der Waals surface area contributed by atoms with Gasteiger partial charge in [0.25, 0.3) is 0 Å². The number of rotatable bonds is 4. The van der Waals surface area contributed by atoms with E-state index in [1.165, 1.54) is 4.90 Å². The van der Waals surface area contributed by atoms with Crippen molar-refractivity contribution in [1.29, 1.82) is 0 Å². The molecule has 160 valence electrons. The first-order valence-corrected chi connectivity index (χ1v) is 9.54. The van der Waals surface area contributed by atoms with Gasteiger partial charge < -0.3 is 19.5 Å². The fourth-order valence-corrected chi connectivity index (χ4v) is 3.78. The SMILES string of the molecule is C[C@H]1Cn2cnc(C(=O)CC3(C)COC3)c2CN1C(=O)Nc1cc(F)c(F)c(F)c1. The lowest BCUT2D eigenvalue weighted by Gasteiger charge is -2.37. The quantitative estimate of drug-likeness (QED) is 0.606. The van der Waals surface area contributed by atoms with Crippen LogP contribution in [0.15, 0.2) is 18.5 Å². The Bertz CT molecular complexity index is 996. The van der Waals surface area contributed by atoms with Gasteiger partial charge in [-0.05, 0) is 6.92 Å². The number of halogens is 3. The first-order chi connectivity index (χ1) is 14.2. The molecule has 10 heteroatoms. The second-order valence-electron chi connectivity index (χ2n) is 8.26. The van der Waals surface area contributed by atoms with Gasteiger partial charge in [-0.25, -0.2) is 22.9 Å². The molecule has 2 aromatic rings. The van der Waals surface area contributed by atoms with Gasteiger partial charge in [0.1, 0.15) is 5.69 Å². The molecule has 0 spiro atoms. The third-order valence-corrected chi connectivity index (χ3v) is 5.51. The Hall–Kier alpha value is -2.88. The number of urea groups is 1. The van der Waals surface area contributed by atoms with Crippen molar-refractivity contribution in [2.45, 2.75) is 39.4 Å². The Morgan fingerprint density at radius 3 is 2.53 bits per heavy atom. The summed E-state index contributed by atoms with van der Waals surface area (Å²) in [7, 11) is 0. The summed E-state index contributed by atoms with van der Waals surface area (Å²) in [4.78, 5) is 31.2. The number of fused-ring (bicyclic) bond motifs is 1. The van der Waals surface area contributed by atoms with E-state index in [4.69, 9.17) is 4.74 Å². The van der Waals surface area contributed by atoms with E-state index in [-0.39, 0.29) is 29.5 Å². The largest absolute Gasteiger partial charge is 0.380 e. The molecule has 4 rings (SSSR count). The lowest BCUT2D eigenvalue weighted by molar-refractivity contribution is -0.0997. The van der Waals surface area contributed by atoms with Gasteiger partial charge in [0.2, 0.25) is 0 Å². The van der Waals surface area contributed by atoms with Crippen LogP contribution in [-0.4, -0.2) is 45.5 Å². The molecule has 1 saturated heterocycles. The molecule has 0 aliphatic carbocycles. The molecule has 1 fully saturated rings. The molecule has 0 radical (unpaired) electrons. The van der Waals surface area contributed by atoms with Crippen molar-refractivity contribution < 1.29 is 27.5 Å². The van der Waals surface area contributed by atoms with E-state index in [1.807, 2.05) is 18.4 Å². The fraction of sp³-hybridized carbons (Fsp3) is 0.450. The second kappa shape index (κ2) is 7.42. The van der Waals surface area contributed by atoms with E-state index in [0.29, 0.717) is 49.7 Å². The molecule has 3 heterocycles. The molecule has 0 saturated carbocycles. The average molecular weight is 422 g/mol. The minimum atomic E-state index is -1.60. The Labute approximate surface area is 170 Å². The zero-order valence-corrected chi connectivity index (χ0v) is 16.5. The van der Waals surface area contributed by atoms with Crippen molar-refractivity contribution in [3.63, 3.8) is 0 Å². The van der Waals surface area contributed by atoms with Crippen LogP contribution >= 0.6 is 0 Å². The zero-order valence-electron chi connectivity index (χ0n) is 16.5. The van der Waals surface area contributed by atoms with Crippen molar-refractivity contribution in [1.82, 2.24) is 14.5 Å². The molecular formula is C20H21F3N4O3. The van der Waals surface area contributed by atoms with Gasteiger partial charge in [-0.2, -0.15) is 0 Å². The summed E-state index contributed by atoms with van der Waals surface area (Å²) in [5.41, 5.74) is 0.515. The van der Waals surface area contributed by atoms with E-state index in [0.717, 1.165) is 0 Å². The van der Waals surface area contributed by atoms with E-state index < -0.39 is 23.5 Å². The van der Waals surface area contributed by atoms with Crippen LogP contribution in [0, 0.1) is 22.9 Å². The summed E-state index contributed by atoms with van der Waals surface area (Å²) >= 11 is 0. The average Bonchev–Trinajstić information content (AvgIpc) is 3.06. The van der Waals surface area contributed by atoms with E-state index in [2.05, 4.69) is 10.3 Å². The molecule has 7 nitrogen and oxygen atoms in total. The van der Waals surface area contributed by atoms with Gasteiger partial charge in [-0.15, -0.1) is 0 Å². The van der Waals surface area contributed by atoms with Gasteiger partial charge in [-0.1, -0.05) is 6.92 Å². The van der Waals surface area contributed by atoms with Crippen LogP contribution in [-0.2, 0) is 17.8 Å². The van der Waals surface area contributed by atoms with Crippen molar-refractivity contribution in [3.8, 4) is 0 Å². The lowest BCUT2D eigenvalue weighted by Crippen LogP contribution is -2.47. The summed E-state index contributed by atoms with van der Waals surface area (Å²) < 4.78 is 47.0. The van der Waals surface area contributed by atoms with Crippen LogP contribution in [0.4, 0.5) is 23.7 Å². The van der Waals surface area contributed by atoms with Crippen LogP contribution in [0.5, 0.6) is 0 Å². The maximum atomic E-state index is 13.4. The number of amides is 2. The summed E-state index contributed by atoms with van der Waals surface area (Å²) in [6.45, 7) is 5.33. The number of benzene rings is 1. The van der Waals surface area contributed by atoms with Crippen LogP contribution in [0.1, 0.15) is 36.5 Å². The summed E-state index contributed by atoms with van der Waals surface area (Å²) in [5, 5.41) is 2.39. The monoisotopic (exact) mass is 422 g/mol. The normalized spacial score (nSPS) is 19.8. The van der Waals surface area contributed by atoms with Crippen molar-refractivity contribution in [3.05, 3.63) is 47.3 Å². The van der Waals surface area contributed by atoms with Crippen LogP contribution < -0.4 is 5.32 Å². The van der Waals surface area contributed by atoms with E-state index in [1.54, 1.807) is 6.33 Å². The number of hydrogen-bond donors (Lipinski definition) is 1. The highest BCUT2D eigenvalue weighted by Gasteiger charge is 2.38. The number of Topliss-reactive ketones (excluding diaryl/α,β-unsaturated/α-hetero) is 1. The standard InChI is InChI=1S/C20H21F3N4O3/c1-11-6-26-10-24-18(16(28)5-20(2)8-30-9-20)15(26)7-27(11)19(29)25-12-3-13(21)17(23)14(22)4-12/h3-4,10-11H,5-9H2,1-2H3,(H,25,29)/t11-/m0/s1. The van der Waals surface area contributed by atoms with Crippen molar-refractivity contribution >= 4 is 17.5 Å². The molecule has 1 aromatic carbocycles. The molecular weight excluding hydrogens is 401 g/mol. The number of ether oxygens (including phenoxy) is 1. The van der Waals surface area contributed by atoms with E-state index in [9.17, 15) is 22.8 Å². The van der Waals surface area contributed by atoms with Gasteiger partial charge in [0.15, 0.2) is 23.2 Å². The zero-order chi connectivity index (χ0) is 21.6. The number of carbonyl (C=O) groups is 2. The summed E-state index contributed by atoms with van der Waals surface area (Å²) in [5.74, 6) is -4.50. The van der Waals surface area contributed by atoms with Crippen molar-refractivity contribution in [2.75, 3.05) is 18.5 Å². The van der Waals surface area contributed by atoms with Gasteiger partial charge >= 0.3 is 6.03 Å². The smallest absolute Gasteiger partial charge is 0.322 e. The highest BCUT2D eigenvalue weighted by Crippen LogP contribution is 2.33. The molecule has 2 amide bonds.